The van der Waals surface area contributed by atoms with Crippen LogP contribution in [0.25, 0.3) is 0 Å². The first-order valence-electron chi connectivity index (χ1n) is 8.36. The van der Waals surface area contributed by atoms with Crippen molar-refractivity contribution in [2.45, 2.75) is 39.0 Å². The number of carbonyl (C=O) groups is 2. The van der Waals surface area contributed by atoms with Gasteiger partial charge < -0.3 is 23.7 Å². The quantitative estimate of drug-likeness (QED) is 0.367. The van der Waals surface area contributed by atoms with E-state index in [9.17, 15) is 19.7 Å². The van der Waals surface area contributed by atoms with Crippen LogP contribution in [0.2, 0.25) is 0 Å². The first-order valence-corrected chi connectivity index (χ1v) is 8.36. The molecule has 0 amide bonds. The summed E-state index contributed by atoms with van der Waals surface area (Å²) in [5, 5.41) is 11.4. The average molecular weight is 395 g/mol. The van der Waals surface area contributed by atoms with Gasteiger partial charge in [0.2, 0.25) is 0 Å². The third kappa shape index (κ3) is 6.03. The van der Waals surface area contributed by atoms with Crippen molar-refractivity contribution in [3.63, 3.8) is 0 Å². The molecule has 0 aliphatic carbocycles. The Morgan fingerprint density at radius 3 is 2.39 bits per heavy atom. The smallest absolute Gasteiger partial charge is 0.303 e. The highest BCUT2D eigenvalue weighted by molar-refractivity contribution is 5.67. The molecule has 0 aromatic heterocycles. The molecule has 0 unspecified atom stereocenters. The van der Waals surface area contributed by atoms with Crippen LogP contribution in [-0.2, 0) is 35.1 Å². The normalized spacial score (nSPS) is 21.4. The van der Waals surface area contributed by atoms with Crippen molar-refractivity contribution >= 4 is 11.9 Å². The van der Waals surface area contributed by atoms with Crippen molar-refractivity contribution in [3.8, 4) is 5.75 Å². The summed E-state index contributed by atoms with van der Waals surface area (Å²) >= 11 is 0. The Bertz CT molecular complexity index is 744. The molecule has 1 aliphatic heterocycles. The fourth-order valence-corrected chi connectivity index (χ4v) is 2.46. The lowest BCUT2D eigenvalue weighted by Crippen LogP contribution is -2.45. The van der Waals surface area contributed by atoms with E-state index < -0.39 is 41.1 Å². The van der Waals surface area contributed by atoms with E-state index in [1.807, 2.05) is 0 Å². The summed E-state index contributed by atoms with van der Waals surface area (Å²) in [6.45, 7) is 2.14. The molecule has 1 aliphatic rings. The van der Waals surface area contributed by atoms with E-state index in [1.165, 1.54) is 14.0 Å². The van der Waals surface area contributed by atoms with Gasteiger partial charge in [0.05, 0.1) is 18.6 Å². The lowest BCUT2D eigenvalue weighted by molar-refractivity contribution is -0.456. The third-order valence-corrected chi connectivity index (χ3v) is 3.77. The van der Waals surface area contributed by atoms with Gasteiger partial charge in [-0.2, -0.15) is 0 Å². The Hall–Kier alpha value is -2.98. The van der Waals surface area contributed by atoms with Crippen LogP contribution in [0.4, 0.5) is 0 Å². The van der Waals surface area contributed by atoms with E-state index >= 15 is 0 Å². The number of benzene rings is 1. The second-order valence-corrected chi connectivity index (χ2v) is 5.89. The molecule has 0 spiro atoms. The van der Waals surface area contributed by atoms with Crippen LogP contribution in [0.3, 0.4) is 0 Å². The molecule has 28 heavy (non-hydrogen) atoms. The molecule has 10 heteroatoms. The van der Waals surface area contributed by atoms with Crippen LogP contribution in [0.5, 0.6) is 5.75 Å². The van der Waals surface area contributed by atoms with Gasteiger partial charge in [-0.05, 0) is 17.7 Å². The molecule has 0 fully saturated rings. The highest BCUT2D eigenvalue weighted by atomic mass is 16.7. The van der Waals surface area contributed by atoms with E-state index in [1.54, 1.807) is 24.3 Å². The number of esters is 2. The second kappa shape index (κ2) is 9.81. The molecule has 1 aromatic carbocycles. The number of nitrogens with zero attached hydrogens (tertiary/aromatic N) is 1. The summed E-state index contributed by atoms with van der Waals surface area (Å²) in [4.78, 5) is 33.1. The molecule has 0 saturated carbocycles. The van der Waals surface area contributed by atoms with E-state index in [0.717, 1.165) is 18.6 Å². The van der Waals surface area contributed by atoms with Crippen molar-refractivity contribution in [2.24, 2.45) is 0 Å². The molecule has 0 bridgehead atoms. The summed E-state index contributed by atoms with van der Waals surface area (Å²) in [5.41, 5.74) is 0.338. The molecule has 0 N–H and O–H groups in total. The Morgan fingerprint density at radius 2 is 1.86 bits per heavy atom. The fourth-order valence-electron chi connectivity index (χ4n) is 2.46. The van der Waals surface area contributed by atoms with E-state index in [4.69, 9.17) is 23.7 Å². The molecule has 10 nitrogen and oxygen atoms in total. The molecular weight excluding hydrogens is 374 g/mol. The number of ether oxygens (including phenoxy) is 5. The maximum absolute atomic E-state index is 11.4. The number of carbonyl (C=O) groups excluding carboxylic acids is 2. The molecule has 1 aromatic rings. The van der Waals surface area contributed by atoms with Crippen LogP contribution >= 0.6 is 0 Å². The van der Waals surface area contributed by atoms with Gasteiger partial charge in [-0.3, -0.25) is 19.7 Å². The van der Waals surface area contributed by atoms with Crippen molar-refractivity contribution in [2.75, 3.05) is 13.7 Å². The van der Waals surface area contributed by atoms with Crippen LogP contribution in [0.15, 0.2) is 36.0 Å². The Balaban J connectivity index is 2.15. The lowest BCUT2D eigenvalue weighted by atomic mass is 10.1. The zero-order valence-corrected chi connectivity index (χ0v) is 15.7. The van der Waals surface area contributed by atoms with Gasteiger partial charge in [0, 0.05) is 19.9 Å². The van der Waals surface area contributed by atoms with Crippen LogP contribution in [0, 0.1) is 10.1 Å². The maximum atomic E-state index is 11.4. The van der Waals surface area contributed by atoms with Crippen molar-refractivity contribution in [1.82, 2.24) is 0 Å². The highest BCUT2D eigenvalue weighted by Gasteiger charge is 2.41. The summed E-state index contributed by atoms with van der Waals surface area (Å²) in [5.74, 6) is -0.558. The zero-order chi connectivity index (χ0) is 20.7. The molecule has 0 saturated heterocycles. The minimum atomic E-state index is -1.33. The first kappa shape index (κ1) is 21.3. The van der Waals surface area contributed by atoms with Crippen molar-refractivity contribution in [3.05, 3.63) is 51.7 Å². The number of methoxy groups -OCH3 is 1. The van der Waals surface area contributed by atoms with E-state index in [-0.39, 0.29) is 13.2 Å². The maximum Gasteiger partial charge on any atom is 0.303 e. The van der Waals surface area contributed by atoms with E-state index in [0.29, 0.717) is 5.75 Å². The second-order valence-electron chi connectivity index (χ2n) is 5.89. The van der Waals surface area contributed by atoms with Crippen LogP contribution < -0.4 is 4.74 Å². The van der Waals surface area contributed by atoms with Gasteiger partial charge >= 0.3 is 17.6 Å². The van der Waals surface area contributed by atoms with Crippen molar-refractivity contribution < 1.29 is 38.2 Å². The number of nitro groups is 1. The predicted octanol–water partition coefficient (Wildman–Crippen LogP) is 1.59. The molecule has 3 atom stereocenters. The van der Waals surface area contributed by atoms with Gasteiger partial charge in [-0.1, -0.05) is 12.1 Å². The van der Waals surface area contributed by atoms with Gasteiger partial charge in [0.25, 0.3) is 6.29 Å². The summed E-state index contributed by atoms with van der Waals surface area (Å²) < 4.78 is 26.2. The van der Waals surface area contributed by atoms with Crippen LogP contribution in [0.1, 0.15) is 19.4 Å². The molecule has 152 valence electrons. The Labute approximate surface area is 161 Å². The standard InChI is InChI=1S/C18H21NO9/c1-11(20)25-10-17-16(27-12(2)21)8-15(19(22)23)18(28-17)26-9-13-4-6-14(24-3)7-5-13/h4-8,16-18H,9-10H2,1-3H3/t16-,17-,18+/m1/s1. The number of hydrogen-bond donors (Lipinski definition) is 0. The minimum absolute atomic E-state index is 0.0261. The fraction of sp³-hybridized carbons (Fsp3) is 0.444. The summed E-state index contributed by atoms with van der Waals surface area (Å²) in [6.07, 6.45) is -2.22. The van der Waals surface area contributed by atoms with Gasteiger partial charge in [0.1, 0.15) is 18.5 Å². The molecular formula is C18H21NO9. The summed E-state index contributed by atoms with van der Waals surface area (Å²) in [7, 11) is 1.54. The molecule has 0 radical (unpaired) electrons. The SMILES string of the molecule is COc1ccc(CO[C@H]2O[C@H](COC(C)=O)[C@H](OC(C)=O)C=C2[N+](=O)[O-])cc1. The predicted molar refractivity (Wildman–Crippen MR) is 93.7 cm³/mol. The minimum Gasteiger partial charge on any atom is -0.497 e. The lowest BCUT2D eigenvalue weighted by Gasteiger charge is -2.31. The first-order chi connectivity index (χ1) is 13.3. The zero-order valence-electron chi connectivity index (χ0n) is 15.7. The highest BCUT2D eigenvalue weighted by Crippen LogP contribution is 2.25. The Morgan fingerprint density at radius 1 is 1.18 bits per heavy atom. The van der Waals surface area contributed by atoms with E-state index in [2.05, 4.69) is 0 Å². The van der Waals surface area contributed by atoms with Crippen LogP contribution in [-0.4, -0.2) is 49.1 Å². The molecule has 2 rings (SSSR count). The average Bonchev–Trinajstić information content (AvgIpc) is 2.65. The number of rotatable bonds is 8. The Kier molecular flexibility index (Phi) is 7.47. The van der Waals surface area contributed by atoms with Gasteiger partial charge in [-0.15, -0.1) is 0 Å². The molecule has 1 heterocycles. The van der Waals surface area contributed by atoms with Gasteiger partial charge in [-0.25, -0.2) is 0 Å². The van der Waals surface area contributed by atoms with Gasteiger partial charge in [0.15, 0.2) is 6.10 Å². The number of hydrogen-bond acceptors (Lipinski definition) is 9. The van der Waals surface area contributed by atoms with Crippen molar-refractivity contribution in [1.29, 1.82) is 0 Å². The topological polar surface area (TPSA) is 123 Å². The largest absolute Gasteiger partial charge is 0.497 e. The summed E-state index contributed by atoms with van der Waals surface area (Å²) in [6, 6.07) is 6.94. The monoisotopic (exact) mass is 395 g/mol. The third-order valence-electron chi connectivity index (χ3n) is 3.77.